The van der Waals surface area contributed by atoms with E-state index in [2.05, 4.69) is 0 Å². The van der Waals surface area contributed by atoms with E-state index in [9.17, 15) is 13.2 Å². The number of hydrogen-bond donors (Lipinski definition) is 0. The first-order chi connectivity index (χ1) is 12.3. The average Bonchev–Trinajstić information content (AvgIpc) is 2.61. The highest BCUT2D eigenvalue weighted by molar-refractivity contribution is 7.91. The van der Waals surface area contributed by atoms with E-state index < -0.39 is 9.84 Å². The molecule has 6 heteroatoms. The second-order valence-electron chi connectivity index (χ2n) is 6.18. The Hall–Kier alpha value is -2.34. The predicted molar refractivity (Wildman–Crippen MR) is 103 cm³/mol. The van der Waals surface area contributed by atoms with Gasteiger partial charge in [0.25, 0.3) is 0 Å². The summed E-state index contributed by atoms with van der Waals surface area (Å²) in [5, 5.41) is 0. The molecule has 0 aromatic heterocycles. The van der Waals surface area contributed by atoms with Crippen LogP contribution in [0.5, 0.6) is 5.75 Å². The third kappa shape index (κ3) is 5.33. The molecule has 1 amide bonds. The first-order valence-electron chi connectivity index (χ1n) is 8.68. The number of ether oxygens (including phenoxy) is 1. The summed E-state index contributed by atoms with van der Waals surface area (Å²) in [4.78, 5) is 14.3. The monoisotopic (exact) mass is 375 g/mol. The third-order valence-corrected chi connectivity index (χ3v) is 5.56. The molecule has 2 rings (SSSR count). The Balaban J connectivity index is 2.03. The number of rotatable bonds is 8. The Bertz CT molecular complexity index is 815. The van der Waals surface area contributed by atoms with Gasteiger partial charge in [-0.25, -0.2) is 8.42 Å². The maximum atomic E-state index is 12.5. The fraction of sp³-hybridized carbons (Fsp3) is 0.350. The number of benzene rings is 2. The average molecular weight is 375 g/mol. The smallest absolute Gasteiger partial charge is 0.228 e. The minimum absolute atomic E-state index is 0.0214. The van der Waals surface area contributed by atoms with Crippen molar-refractivity contribution in [1.82, 2.24) is 0 Å². The minimum Gasteiger partial charge on any atom is -0.491 e. The first-order valence-corrected chi connectivity index (χ1v) is 10.3. The largest absolute Gasteiger partial charge is 0.491 e. The molecule has 2 aromatic carbocycles. The number of para-hydroxylation sites is 1. The van der Waals surface area contributed by atoms with Gasteiger partial charge in [-0.1, -0.05) is 18.2 Å². The molecule has 0 fully saturated rings. The molecule has 0 heterocycles. The molecule has 0 aliphatic heterocycles. The van der Waals surface area contributed by atoms with Crippen LogP contribution < -0.4 is 9.64 Å². The van der Waals surface area contributed by atoms with E-state index in [-0.39, 0.29) is 29.1 Å². The van der Waals surface area contributed by atoms with Crippen LogP contribution in [0.15, 0.2) is 59.5 Å². The lowest BCUT2D eigenvalue weighted by atomic mass is 10.2. The summed E-state index contributed by atoms with van der Waals surface area (Å²) in [6, 6.07) is 15.6. The van der Waals surface area contributed by atoms with Gasteiger partial charge in [-0.2, -0.15) is 0 Å². The summed E-state index contributed by atoms with van der Waals surface area (Å²) in [7, 11) is -3.53. The standard InChI is InChI=1S/C20H25NO4S/c1-4-21(17-8-6-5-7-9-17)20(22)14-15-26(23,24)19-12-10-18(11-13-19)25-16(2)3/h5-13,16H,4,14-15H2,1-3H3. The van der Waals surface area contributed by atoms with E-state index in [1.165, 1.54) is 12.1 Å². The van der Waals surface area contributed by atoms with Crippen LogP contribution in [0.1, 0.15) is 27.2 Å². The molecule has 0 saturated heterocycles. The summed E-state index contributed by atoms with van der Waals surface area (Å²) >= 11 is 0. The van der Waals surface area contributed by atoms with Crippen molar-refractivity contribution < 1.29 is 17.9 Å². The van der Waals surface area contributed by atoms with Crippen molar-refractivity contribution in [1.29, 1.82) is 0 Å². The van der Waals surface area contributed by atoms with E-state index in [0.29, 0.717) is 12.3 Å². The Kier molecular flexibility index (Phi) is 6.80. The van der Waals surface area contributed by atoms with Crippen LogP contribution in [0, 0.1) is 0 Å². The highest BCUT2D eigenvalue weighted by Crippen LogP contribution is 2.20. The van der Waals surface area contributed by atoms with Crippen LogP contribution in [0.3, 0.4) is 0 Å². The van der Waals surface area contributed by atoms with Gasteiger partial charge in [-0.05, 0) is 57.2 Å². The van der Waals surface area contributed by atoms with Crippen molar-refractivity contribution >= 4 is 21.4 Å². The summed E-state index contributed by atoms with van der Waals surface area (Å²) < 4.78 is 30.5. The Morgan fingerprint density at radius 1 is 1.04 bits per heavy atom. The van der Waals surface area contributed by atoms with Gasteiger partial charge in [-0.3, -0.25) is 4.79 Å². The van der Waals surface area contributed by atoms with Crippen molar-refractivity contribution in [2.75, 3.05) is 17.2 Å². The normalized spacial score (nSPS) is 11.4. The quantitative estimate of drug-likeness (QED) is 0.706. The van der Waals surface area contributed by atoms with Crippen molar-refractivity contribution in [3.63, 3.8) is 0 Å². The van der Waals surface area contributed by atoms with Gasteiger partial charge in [0.1, 0.15) is 5.75 Å². The molecule has 2 aromatic rings. The van der Waals surface area contributed by atoms with Gasteiger partial charge in [0, 0.05) is 18.7 Å². The molecule has 0 radical (unpaired) electrons. The third-order valence-electron chi connectivity index (χ3n) is 3.82. The number of hydrogen-bond acceptors (Lipinski definition) is 4. The molecular formula is C20H25NO4S. The minimum atomic E-state index is -3.53. The molecule has 0 saturated carbocycles. The maximum absolute atomic E-state index is 12.5. The number of sulfone groups is 1. The number of amides is 1. The summed E-state index contributed by atoms with van der Waals surface area (Å²) in [5.41, 5.74) is 0.771. The lowest BCUT2D eigenvalue weighted by Gasteiger charge is -2.21. The molecule has 26 heavy (non-hydrogen) atoms. The summed E-state index contributed by atoms with van der Waals surface area (Å²) in [5.74, 6) is 0.192. The fourth-order valence-corrected chi connectivity index (χ4v) is 3.81. The SMILES string of the molecule is CCN(C(=O)CCS(=O)(=O)c1ccc(OC(C)C)cc1)c1ccccc1. The van der Waals surface area contributed by atoms with Crippen LogP contribution >= 0.6 is 0 Å². The number of carbonyl (C=O) groups excluding carboxylic acids is 1. The van der Waals surface area contributed by atoms with Crippen LogP contribution in [0.2, 0.25) is 0 Å². The zero-order valence-corrected chi connectivity index (χ0v) is 16.2. The second kappa shape index (κ2) is 8.85. The number of nitrogens with zero attached hydrogens (tertiary/aromatic N) is 1. The zero-order valence-electron chi connectivity index (χ0n) is 15.4. The molecule has 0 N–H and O–H groups in total. The van der Waals surface area contributed by atoms with Gasteiger partial charge < -0.3 is 9.64 Å². The molecule has 0 aliphatic carbocycles. The van der Waals surface area contributed by atoms with Crippen LogP contribution in [0.4, 0.5) is 5.69 Å². The Morgan fingerprint density at radius 3 is 2.19 bits per heavy atom. The van der Waals surface area contributed by atoms with E-state index in [1.807, 2.05) is 51.1 Å². The Morgan fingerprint density at radius 2 is 1.65 bits per heavy atom. The first kappa shape index (κ1) is 20.0. The zero-order chi connectivity index (χ0) is 19.2. The molecule has 0 atom stereocenters. The van der Waals surface area contributed by atoms with Crippen LogP contribution in [-0.4, -0.2) is 32.7 Å². The Labute approximate surface area is 155 Å². The van der Waals surface area contributed by atoms with Crippen molar-refractivity contribution in [3.05, 3.63) is 54.6 Å². The van der Waals surface area contributed by atoms with E-state index >= 15 is 0 Å². The maximum Gasteiger partial charge on any atom is 0.228 e. The van der Waals surface area contributed by atoms with E-state index in [4.69, 9.17) is 4.74 Å². The van der Waals surface area contributed by atoms with Gasteiger partial charge in [-0.15, -0.1) is 0 Å². The highest BCUT2D eigenvalue weighted by atomic mass is 32.2. The number of anilines is 1. The molecule has 5 nitrogen and oxygen atoms in total. The van der Waals surface area contributed by atoms with Crippen molar-refractivity contribution in [3.8, 4) is 5.75 Å². The summed E-state index contributed by atoms with van der Waals surface area (Å²) in [6.07, 6.45) is -0.0388. The van der Waals surface area contributed by atoms with Gasteiger partial charge >= 0.3 is 0 Å². The van der Waals surface area contributed by atoms with Crippen LogP contribution in [0.25, 0.3) is 0 Å². The number of carbonyl (C=O) groups is 1. The molecule has 0 bridgehead atoms. The molecular weight excluding hydrogens is 350 g/mol. The van der Waals surface area contributed by atoms with E-state index in [1.54, 1.807) is 17.0 Å². The van der Waals surface area contributed by atoms with Crippen molar-refractivity contribution in [2.24, 2.45) is 0 Å². The van der Waals surface area contributed by atoms with Gasteiger partial charge in [0.15, 0.2) is 9.84 Å². The lowest BCUT2D eigenvalue weighted by Crippen LogP contribution is -2.31. The second-order valence-corrected chi connectivity index (χ2v) is 8.29. The summed E-state index contributed by atoms with van der Waals surface area (Å²) in [6.45, 7) is 6.17. The van der Waals surface area contributed by atoms with E-state index in [0.717, 1.165) is 5.69 Å². The molecule has 0 spiro atoms. The highest BCUT2D eigenvalue weighted by Gasteiger charge is 2.20. The fourth-order valence-electron chi connectivity index (χ4n) is 2.58. The van der Waals surface area contributed by atoms with Crippen molar-refractivity contribution in [2.45, 2.75) is 38.2 Å². The lowest BCUT2D eigenvalue weighted by molar-refractivity contribution is -0.118. The van der Waals surface area contributed by atoms with Crippen LogP contribution in [-0.2, 0) is 14.6 Å². The topological polar surface area (TPSA) is 63.7 Å². The predicted octanol–water partition coefficient (Wildman–Crippen LogP) is 3.69. The molecule has 0 unspecified atom stereocenters. The van der Waals surface area contributed by atoms with Gasteiger partial charge in [0.2, 0.25) is 5.91 Å². The molecule has 140 valence electrons. The van der Waals surface area contributed by atoms with Gasteiger partial charge in [0.05, 0.1) is 16.8 Å². The molecule has 0 aliphatic rings.